The van der Waals surface area contributed by atoms with Crippen LogP contribution in [0.5, 0.6) is 0 Å². The smallest absolute Gasteiger partial charge is 0.0966 e. The van der Waals surface area contributed by atoms with Crippen LogP contribution in [0.15, 0.2) is 67.0 Å². The van der Waals surface area contributed by atoms with Gasteiger partial charge in [0.25, 0.3) is 0 Å². The van der Waals surface area contributed by atoms with Gasteiger partial charge in [-0.1, -0.05) is 30.3 Å². The minimum Gasteiger partial charge on any atom is -0.387 e. The van der Waals surface area contributed by atoms with Crippen molar-refractivity contribution in [2.45, 2.75) is 38.2 Å². The molecule has 29 heavy (non-hydrogen) atoms. The summed E-state index contributed by atoms with van der Waals surface area (Å²) in [7, 11) is 0. The number of aryl methyl sites for hydroxylation is 2. The normalized spacial score (nSPS) is 15.6. The molecule has 0 saturated carbocycles. The lowest BCUT2D eigenvalue weighted by atomic mass is 10.0. The number of aliphatic hydroxyl groups is 1. The molecule has 2 heterocycles. The molecule has 0 radical (unpaired) electrons. The first-order valence-corrected chi connectivity index (χ1v) is 10.3. The van der Waals surface area contributed by atoms with Gasteiger partial charge in [0.1, 0.15) is 0 Å². The van der Waals surface area contributed by atoms with E-state index < -0.39 is 6.10 Å². The summed E-state index contributed by atoms with van der Waals surface area (Å²) in [6.45, 7) is 0. The Morgan fingerprint density at radius 1 is 1.03 bits per heavy atom. The second-order valence-electron chi connectivity index (χ2n) is 7.81. The fourth-order valence-corrected chi connectivity index (χ4v) is 4.33. The van der Waals surface area contributed by atoms with Crippen molar-refractivity contribution in [1.82, 2.24) is 9.97 Å². The lowest BCUT2D eigenvalue weighted by Crippen LogP contribution is -1.99. The molecule has 0 saturated heterocycles. The number of rotatable bonds is 6. The van der Waals surface area contributed by atoms with Gasteiger partial charge in [-0.2, -0.15) is 0 Å². The summed E-state index contributed by atoms with van der Waals surface area (Å²) in [6, 6.07) is 19.2. The minimum absolute atomic E-state index is 0.425. The molecule has 3 N–H and O–H groups in total. The molecule has 2 aromatic heterocycles. The molecular weight excluding hydrogens is 358 g/mol. The lowest BCUT2D eigenvalue weighted by molar-refractivity contribution is 0.176. The topological polar surface area (TPSA) is 60.9 Å². The Morgan fingerprint density at radius 3 is 2.79 bits per heavy atom. The van der Waals surface area contributed by atoms with Crippen LogP contribution in [0.4, 0.5) is 11.4 Å². The monoisotopic (exact) mass is 383 g/mol. The van der Waals surface area contributed by atoms with E-state index in [1.54, 1.807) is 6.20 Å². The quantitative estimate of drug-likeness (QED) is 0.414. The van der Waals surface area contributed by atoms with E-state index >= 15 is 0 Å². The number of aromatic amines is 1. The molecule has 0 amide bonds. The van der Waals surface area contributed by atoms with E-state index in [0.29, 0.717) is 0 Å². The summed E-state index contributed by atoms with van der Waals surface area (Å²) >= 11 is 0. The van der Waals surface area contributed by atoms with Crippen LogP contribution in [0.1, 0.15) is 41.3 Å². The number of pyridine rings is 1. The van der Waals surface area contributed by atoms with Gasteiger partial charge in [-0.25, -0.2) is 0 Å². The third-order valence-corrected chi connectivity index (χ3v) is 5.89. The first kappa shape index (κ1) is 18.0. The van der Waals surface area contributed by atoms with Crippen molar-refractivity contribution in [1.29, 1.82) is 0 Å². The van der Waals surface area contributed by atoms with Crippen LogP contribution < -0.4 is 5.32 Å². The number of benzene rings is 2. The van der Waals surface area contributed by atoms with Gasteiger partial charge in [-0.15, -0.1) is 0 Å². The number of hydrogen-bond donors (Lipinski definition) is 3. The average molecular weight is 383 g/mol. The largest absolute Gasteiger partial charge is 0.387 e. The van der Waals surface area contributed by atoms with E-state index in [2.05, 4.69) is 70.0 Å². The van der Waals surface area contributed by atoms with Gasteiger partial charge in [0.05, 0.1) is 11.8 Å². The zero-order chi connectivity index (χ0) is 19.6. The minimum atomic E-state index is -0.425. The molecule has 0 spiro atoms. The van der Waals surface area contributed by atoms with Crippen LogP contribution in [0.3, 0.4) is 0 Å². The van der Waals surface area contributed by atoms with Gasteiger partial charge in [-0.3, -0.25) is 4.98 Å². The van der Waals surface area contributed by atoms with Gasteiger partial charge in [0, 0.05) is 34.7 Å². The SMILES string of the molecule is O[C@@H]1CCc2c(Nc3ccc(CCCc4c[nH]c5ccccc45)cc3)ccnc21. The Labute approximate surface area is 170 Å². The van der Waals surface area contributed by atoms with E-state index in [-0.39, 0.29) is 0 Å². The van der Waals surface area contributed by atoms with Crippen molar-refractivity contribution < 1.29 is 5.11 Å². The van der Waals surface area contributed by atoms with Crippen molar-refractivity contribution in [2.24, 2.45) is 0 Å². The average Bonchev–Trinajstić information content (AvgIpc) is 3.34. The number of aliphatic hydroxyl groups excluding tert-OH is 1. The molecule has 0 aliphatic heterocycles. The number of nitrogens with zero attached hydrogens (tertiary/aromatic N) is 1. The maximum atomic E-state index is 10.0. The highest BCUT2D eigenvalue weighted by Gasteiger charge is 2.24. The zero-order valence-corrected chi connectivity index (χ0v) is 16.4. The number of anilines is 2. The molecular formula is C25H25N3O. The standard InChI is InChI=1S/C25H25N3O/c29-24-13-12-21-23(14-15-26-25(21)24)28-19-10-8-17(9-11-19)4-3-5-18-16-27-22-7-2-1-6-20(18)22/h1-2,6-11,14-16,24,27,29H,3-5,12-13H2,(H,26,28)/t24-/m1/s1. The van der Waals surface area contributed by atoms with E-state index in [0.717, 1.165) is 54.7 Å². The van der Waals surface area contributed by atoms with Gasteiger partial charge in [0.2, 0.25) is 0 Å². The summed E-state index contributed by atoms with van der Waals surface area (Å²) in [5.41, 5.74) is 8.05. The van der Waals surface area contributed by atoms with Crippen molar-refractivity contribution in [3.63, 3.8) is 0 Å². The number of para-hydroxylation sites is 1. The summed E-state index contributed by atoms with van der Waals surface area (Å²) < 4.78 is 0. The Hall–Kier alpha value is -3.11. The van der Waals surface area contributed by atoms with Crippen LogP contribution in [0.2, 0.25) is 0 Å². The molecule has 0 unspecified atom stereocenters. The molecule has 1 aliphatic carbocycles. The molecule has 1 atom stereocenters. The highest BCUT2D eigenvalue weighted by Crippen LogP contribution is 2.35. The van der Waals surface area contributed by atoms with Crippen LogP contribution in [0, 0.1) is 0 Å². The molecule has 1 aliphatic rings. The van der Waals surface area contributed by atoms with Crippen molar-refractivity contribution >= 4 is 22.3 Å². The molecule has 0 fully saturated rings. The van der Waals surface area contributed by atoms with Gasteiger partial charge in [0.15, 0.2) is 0 Å². The molecule has 146 valence electrons. The number of aromatic nitrogens is 2. The van der Waals surface area contributed by atoms with Crippen LogP contribution in [0.25, 0.3) is 10.9 Å². The molecule has 4 nitrogen and oxygen atoms in total. The Bertz CT molecular complexity index is 1130. The summed E-state index contributed by atoms with van der Waals surface area (Å²) in [4.78, 5) is 7.70. The van der Waals surface area contributed by atoms with Crippen LogP contribution in [-0.2, 0) is 19.3 Å². The lowest BCUT2D eigenvalue weighted by Gasteiger charge is -2.12. The van der Waals surface area contributed by atoms with E-state index in [4.69, 9.17) is 0 Å². The third kappa shape index (κ3) is 3.64. The number of fused-ring (bicyclic) bond motifs is 2. The third-order valence-electron chi connectivity index (χ3n) is 5.89. The van der Waals surface area contributed by atoms with Gasteiger partial charge >= 0.3 is 0 Å². The second kappa shape index (κ2) is 7.72. The first-order chi connectivity index (χ1) is 14.3. The molecule has 0 bridgehead atoms. The Balaban J connectivity index is 1.21. The van der Waals surface area contributed by atoms with Gasteiger partial charge < -0.3 is 15.4 Å². The summed E-state index contributed by atoms with van der Waals surface area (Å²) in [6.07, 6.45) is 8.40. The second-order valence-corrected chi connectivity index (χ2v) is 7.81. The molecule has 2 aromatic carbocycles. The number of H-pyrrole nitrogens is 1. The van der Waals surface area contributed by atoms with Crippen molar-refractivity contribution in [2.75, 3.05) is 5.32 Å². The van der Waals surface area contributed by atoms with E-state index in [9.17, 15) is 5.11 Å². The highest BCUT2D eigenvalue weighted by atomic mass is 16.3. The highest BCUT2D eigenvalue weighted by molar-refractivity contribution is 5.83. The Kier molecular flexibility index (Phi) is 4.78. The summed E-state index contributed by atoms with van der Waals surface area (Å²) in [5, 5.41) is 14.9. The Morgan fingerprint density at radius 2 is 1.90 bits per heavy atom. The first-order valence-electron chi connectivity index (χ1n) is 10.3. The van der Waals surface area contributed by atoms with Crippen molar-refractivity contribution in [3.8, 4) is 0 Å². The van der Waals surface area contributed by atoms with Crippen LogP contribution in [-0.4, -0.2) is 15.1 Å². The predicted molar refractivity (Wildman–Crippen MR) is 118 cm³/mol. The fraction of sp³-hybridized carbons (Fsp3) is 0.240. The number of hydrogen-bond acceptors (Lipinski definition) is 3. The predicted octanol–water partition coefficient (Wildman–Crippen LogP) is 5.46. The van der Waals surface area contributed by atoms with E-state index in [1.165, 1.54) is 22.0 Å². The maximum Gasteiger partial charge on any atom is 0.0966 e. The fourth-order valence-electron chi connectivity index (χ4n) is 4.33. The van der Waals surface area contributed by atoms with Crippen molar-refractivity contribution in [3.05, 3.63) is 89.4 Å². The maximum absolute atomic E-state index is 10.0. The molecule has 5 rings (SSSR count). The molecule has 4 heteroatoms. The van der Waals surface area contributed by atoms with Crippen LogP contribution >= 0.6 is 0 Å². The zero-order valence-electron chi connectivity index (χ0n) is 16.4. The molecule has 4 aromatic rings. The summed E-state index contributed by atoms with van der Waals surface area (Å²) in [5.74, 6) is 0. The number of nitrogens with one attached hydrogen (secondary N) is 2. The van der Waals surface area contributed by atoms with E-state index in [1.807, 2.05) is 6.07 Å². The van der Waals surface area contributed by atoms with Gasteiger partial charge in [-0.05, 0) is 73.1 Å².